The molecule has 17 heavy (non-hydrogen) atoms. The number of carbonyl (C=O) groups is 2. The number of carboxylic acids is 1. The maximum absolute atomic E-state index is 11.9. The van der Waals surface area contributed by atoms with Crippen LogP contribution in [0.4, 0.5) is 4.79 Å². The molecule has 0 radical (unpaired) electrons. The van der Waals surface area contributed by atoms with Gasteiger partial charge < -0.3 is 14.7 Å². The van der Waals surface area contributed by atoms with Crippen molar-refractivity contribution in [1.29, 1.82) is 0 Å². The third-order valence-electron chi connectivity index (χ3n) is 2.89. The molecule has 1 amide bonds. The molecule has 0 aromatic rings. The van der Waals surface area contributed by atoms with E-state index in [9.17, 15) is 9.59 Å². The summed E-state index contributed by atoms with van der Waals surface area (Å²) in [6, 6.07) is -0.248. The molecule has 1 N–H and O–H groups in total. The van der Waals surface area contributed by atoms with E-state index >= 15 is 0 Å². The Bertz CT molecular complexity index is 308. The number of hydrogen-bond donors (Lipinski definition) is 1. The van der Waals surface area contributed by atoms with E-state index in [1.165, 1.54) is 0 Å². The fraction of sp³-hybridized carbons (Fsp3) is 0.833. The monoisotopic (exact) mass is 243 g/mol. The van der Waals surface area contributed by atoms with Crippen LogP contribution in [0.15, 0.2) is 0 Å². The van der Waals surface area contributed by atoms with E-state index < -0.39 is 23.6 Å². The summed E-state index contributed by atoms with van der Waals surface area (Å²) in [5.41, 5.74) is -0.545. The van der Waals surface area contributed by atoms with Crippen molar-refractivity contribution in [3.05, 3.63) is 0 Å². The molecule has 0 aromatic heterocycles. The number of amides is 1. The molecule has 0 saturated carbocycles. The molecular formula is C12H21NO4. The van der Waals surface area contributed by atoms with Crippen molar-refractivity contribution in [3.8, 4) is 0 Å². The molecule has 0 bridgehead atoms. The van der Waals surface area contributed by atoms with Gasteiger partial charge in [-0.25, -0.2) is 4.79 Å². The van der Waals surface area contributed by atoms with Crippen LogP contribution < -0.4 is 0 Å². The molecule has 2 atom stereocenters. The minimum absolute atomic E-state index is 0.248. The maximum atomic E-state index is 11.9. The van der Waals surface area contributed by atoms with Gasteiger partial charge in [0.15, 0.2) is 0 Å². The first-order chi connectivity index (χ1) is 7.72. The lowest BCUT2D eigenvalue weighted by Crippen LogP contribution is -2.44. The van der Waals surface area contributed by atoms with Crippen molar-refractivity contribution < 1.29 is 19.4 Å². The fourth-order valence-electron chi connectivity index (χ4n) is 2.02. The van der Waals surface area contributed by atoms with Crippen LogP contribution in [0.3, 0.4) is 0 Å². The summed E-state index contributed by atoms with van der Waals surface area (Å²) in [6.07, 6.45) is 1.15. The standard InChI is InChI=1S/C12H21NO4/c1-8(10(14)15)9-6-5-7-13(9)11(16)17-12(2,3)4/h8-9H,5-7H2,1-4H3,(H,14,15)/t8-,9+/m0/s1. The number of carbonyl (C=O) groups excluding carboxylic acids is 1. The van der Waals surface area contributed by atoms with Gasteiger partial charge in [0, 0.05) is 12.6 Å². The van der Waals surface area contributed by atoms with Crippen molar-refractivity contribution in [2.75, 3.05) is 6.54 Å². The predicted octanol–water partition coefficient (Wildman–Crippen LogP) is 2.11. The summed E-state index contributed by atoms with van der Waals surface area (Å²) in [7, 11) is 0. The van der Waals surface area contributed by atoms with Gasteiger partial charge in [0.05, 0.1) is 5.92 Å². The summed E-state index contributed by atoms with van der Waals surface area (Å²) in [4.78, 5) is 24.4. The molecule has 1 saturated heterocycles. The van der Waals surface area contributed by atoms with Crippen molar-refractivity contribution >= 4 is 12.1 Å². The Morgan fingerprint density at radius 3 is 2.47 bits per heavy atom. The maximum Gasteiger partial charge on any atom is 0.410 e. The Morgan fingerprint density at radius 1 is 1.41 bits per heavy atom. The van der Waals surface area contributed by atoms with Gasteiger partial charge in [0.1, 0.15) is 5.60 Å². The highest BCUT2D eigenvalue weighted by Crippen LogP contribution is 2.26. The average molecular weight is 243 g/mol. The van der Waals surface area contributed by atoms with Crippen LogP contribution in [-0.4, -0.2) is 40.3 Å². The first kappa shape index (κ1) is 13.8. The van der Waals surface area contributed by atoms with Gasteiger partial charge in [0.2, 0.25) is 0 Å². The number of nitrogens with zero attached hydrogens (tertiary/aromatic N) is 1. The first-order valence-electron chi connectivity index (χ1n) is 5.95. The molecule has 5 heteroatoms. The third-order valence-corrected chi connectivity index (χ3v) is 2.89. The predicted molar refractivity (Wildman–Crippen MR) is 62.8 cm³/mol. The van der Waals surface area contributed by atoms with Gasteiger partial charge in [-0.3, -0.25) is 4.79 Å². The van der Waals surface area contributed by atoms with Crippen LogP contribution in [0.1, 0.15) is 40.5 Å². The fourth-order valence-corrected chi connectivity index (χ4v) is 2.02. The largest absolute Gasteiger partial charge is 0.481 e. The van der Waals surface area contributed by atoms with E-state index in [1.807, 2.05) is 0 Å². The van der Waals surface area contributed by atoms with Crippen molar-refractivity contribution in [2.24, 2.45) is 5.92 Å². The number of hydrogen-bond acceptors (Lipinski definition) is 3. The van der Waals surface area contributed by atoms with Crippen LogP contribution in [0, 0.1) is 5.92 Å². The van der Waals surface area contributed by atoms with E-state index in [1.54, 1.807) is 32.6 Å². The molecule has 1 heterocycles. The Hall–Kier alpha value is -1.26. The van der Waals surface area contributed by atoms with E-state index in [4.69, 9.17) is 9.84 Å². The summed E-state index contributed by atoms with van der Waals surface area (Å²) < 4.78 is 5.28. The van der Waals surface area contributed by atoms with Gasteiger partial charge in [0.25, 0.3) is 0 Å². The minimum Gasteiger partial charge on any atom is -0.481 e. The van der Waals surface area contributed by atoms with E-state index in [-0.39, 0.29) is 6.04 Å². The quantitative estimate of drug-likeness (QED) is 0.806. The molecule has 0 unspecified atom stereocenters. The van der Waals surface area contributed by atoms with E-state index in [0.717, 1.165) is 12.8 Å². The molecule has 1 fully saturated rings. The summed E-state index contributed by atoms with van der Waals surface area (Å²) in [5, 5.41) is 9.00. The smallest absolute Gasteiger partial charge is 0.410 e. The zero-order valence-electron chi connectivity index (χ0n) is 10.9. The van der Waals surface area contributed by atoms with Gasteiger partial charge in [-0.05, 0) is 40.5 Å². The highest BCUT2D eigenvalue weighted by Gasteiger charge is 2.37. The second-order valence-corrected chi connectivity index (χ2v) is 5.51. The molecule has 0 aliphatic carbocycles. The lowest BCUT2D eigenvalue weighted by Gasteiger charge is -2.30. The van der Waals surface area contributed by atoms with Crippen molar-refractivity contribution in [3.63, 3.8) is 0 Å². The Balaban J connectivity index is 2.69. The van der Waals surface area contributed by atoms with Crippen LogP contribution in [0.5, 0.6) is 0 Å². The number of likely N-dealkylation sites (tertiary alicyclic amines) is 1. The SMILES string of the molecule is C[C@H](C(=O)O)[C@H]1CCCN1C(=O)OC(C)(C)C. The summed E-state index contributed by atoms with van der Waals surface area (Å²) in [6.45, 7) is 7.62. The lowest BCUT2D eigenvalue weighted by atomic mass is 10.0. The first-order valence-corrected chi connectivity index (χ1v) is 5.95. The lowest BCUT2D eigenvalue weighted by molar-refractivity contribution is -0.142. The highest BCUT2D eigenvalue weighted by molar-refractivity contribution is 5.73. The van der Waals surface area contributed by atoms with Gasteiger partial charge >= 0.3 is 12.1 Å². The van der Waals surface area contributed by atoms with Crippen LogP contribution >= 0.6 is 0 Å². The Labute approximate surface area is 102 Å². The normalized spacial score (nSPS) is 22.4. The Kier molecular flexibility index (Phi) is 4.01. The minimum atomic E-state index is -0.870. The van der Waals surface area contributed by atoms with E-state index in [2.05, 4.69) is 0 Å². The molecule has 5 nitrogen and oxygen atoms in total. The van der Waals surface area contributed by atoms with Gasteiger partial charge in [-0.15, -0.1) is 0 Å². The molecule has 1 aliphatic heterocycles. The molecular weight excluding hydrogens is 222 g/mol. The zero-order chi connectivity index (χ0) is 13.2. The molecule has 98 valence electrons. The highest BCUT2D eigenvalue weighted by atomic mass is 16.6. The van der Waals surface area contributed by atoms with Gasteiger partial charge in [-0.1, -0.05) is 0 Å². The average Bonchev–Trinajstić information content (AvgIpc) is 2.61. The zero-order valence-corrected chi connectivity index (χ0v) is 10.9. The molecule has 1 rings (SSSR count). The second-order valence-electron chi connectivity index (χ2n) is 5.51. The Morgan fingerprint density at radius 2 is 2.00 bits per heavy atom. The van der Waals surface area contributed by atoms with Crippen LogP contribution in [0.25, 0.3) is 0 Å². The van der Waals surface area contributed by atoms with Crippen molar-refractivity contribution in [1.82, 2.24) is 4.90 Å². The van der Waals surface area contributed by atoms with Crippen LogP contribution in [-0.2, 0) is 9.53 Å². The number of ether oxygens (including phenoxy) is 1. The number of carboxylic acid groups (broad SMARTS) is 1. The topological polar surface area (TPSA) is 66.8 Å². The molecule has 0 spiro atoms. The van der Waals surface area contributed by atoms with Crippen molar-refractivity contribution in [2.45, 2.75) is 52.2 Å². The third kappa shape index (κ3) is 3.61. The molecule has 0 aromatic carbocycles. The van der Waals surface area contributed by atoms with Crippen LogP contribution in [0.2, 0.25) is 0 Å². The number of aliphatic carboxylic acids is 1. The summed E-state index contributed by atoms with van der Waals surface area (Å²) in [5.74, 6) is -1.42. The van der Waals surface area contributed by atoms with E-state index in [0.29, 0.717) is 6.54 Å². The number of rotatable bonds is 2. The summed E-state index contributed by atoms with van der Waals surface area (Å²) >= 11 is 0. The molecule has 1 aliphatic rings. The second kappa shape index (κ2) is 4.94. The van der Waals surface area contributed by atoms with Gasteiger partial charge in [-0.2, -0.15) is 0 Å².